The molecule has 2 rings (SSSR count). The lowest BCUT2D eigenvalue weighted by atomic mass is 9.97. The van der Waals surface area contributed by atoms with Crippen LogP contribution in [0, 0.1) is 5.92 Å². The van der Waals surface area contributed by atoms with Crippen LogP contribution in [0.15, 0.2) is 0 Å². The second kappa shape index (κ2) is 6.42. The van der Waals surface area contributed by atoms with Gasteiger partial charge in [0.05, 0.1) is 16.4 Å². The topological polar surface area (TPSA) is 46.9 Å². The van der Waals surface area contributed by atoms with E-state index in [9.17, 15) is 4.79 Å². The van der Waals surface area contributed by atoms with E-state index < -0.39 is 0 Å². The summed E-state index contributed by atoms with van der Waals surface area (Å²) >= 11 is 6.40. The molecule has 1 aliphatic heterocycles. The Kier molecular flexibility index (Phi) is 4.86. The zero-order valence-electron chi connectivity index (χ0n) is 11.7. The third kappa shape index (κ3) is 3.11. The van der Waals surface area contributed by atoms with E-state index >= 15 is 0 Å². The Labute approximate surface area is 119 Å². The molecule has 2 heterocycles. The molecule has 106 valence electrons. The number of carbonyl (C=O) groups is 1. The summed E-state index contributed by atoms with van der Waals surface area (Å²) in [6.45, 7) is 5.70. The molecule has 1 aromatic rings. The van der Waals surface area contributed by atoms with Gasteiger partial charge in [-0.2, -0.15) is 5.10 Å². The van der Waals surface area contributed by atoms with E-state index in [4.69, 9.17) is 11.6 Å². The van der Waals surface area contributed by atoms with Crippen molar-refractivity contribution in [2.24, 2.45) is 5.92 Å². The molecule has 0 aromatic carbocycles. The Bertz CT molecular complexity index is 456. The first-order chi connectivity index (χ1) is 9.17. The van der Waals surface area contributed by atoms with Crippen LogP contribution in [0.3, 0.4) is 0 Å². The number of aryl methyl sites for hydroxylation is 2. The van der Waals surface area contributed by atoms with Gasteiger partial charge in [0, 0.05) is 25.4 Å². The van der Waals surface area contributed by atoms with Crippen LogP contribution in [0.25, 0.3) is 0 Å². The molecule has 5 heteroatoms. The Balaban J connectivity index is 2.21. The van der Waals surface area contributed by atoms with E-state index in [1.54, 1.807) is 0 Å². The smallest absolute Gasteiger partial charge is 0.223 e. The average molecular weight is 284 g/mol. The molecule has 1 aromatic heterocycles. The van der Waals surface area contributed by atoms with Crippen molar-refractivity contribution >= 4 is 17.5 Å². The van der Waals surface area contributed by atoms with Crippen LogP contribution in [-0.2, 0) is 24.2 Å². The summed E-state index contributed by atoms with van der Waals surface area (Å²) in [6, 6.07) is 0. The Morgan fingerprint density at radius 1 is 1.42 bits per heavy atom. The number of nitrogens with one attached hydrogen (secondary N) is 1. The van der Waals surface area contributed by atoms with Crippen molar-refractivity contribution in [1.29, 1.82) is 0 Å². The molecular formula is C14H22ClN3O. The number of nitrogens with zero attached hydrogens (tertiary/aromatic N) is 2. The molecular weight excluding hydrogens is 262 g/mol. The largest absolute Gasteiger partial charge is 0.356 e. The molecule has 1 atom stereocenters. The van der Waals surface area contributed by atoms with Gasteiger partial charge < -0.3 is 5.32 Å². The first kappa shape index (κ1) is 14.4. The normalized spacial score (nSPS) is 20.2. The number of hydrogen-bond donors (Lipinski definition) is 1. The highest BCUT2D eigenvalue weighted by Gasteiger charge is 2.25. The van der Waals surface area contributed by atoms with E-state index in [1.807, 2.05) is 4.68 Å². The molecule has 1 aliphatic rings. The lowest BCUT2D eigenvalue weighted by Crippen LogP contribution is -2.30. The van der Waals surface area contributed by atoms with Gasteiger partial charge in [-0.1, -0.05) is 24.9 Å². The summed E-state index contributed by atoms with van der Waals surface area (Å²) in [5, 5.41) is 8.25. The minimum absolute atomic E-state index is 0.0340. The highest BCUT2D eigenvalue weighted by atomic mass is 35.5. The summed E-state index contributed by atoms with van der Waals surface area (Å²) in [5.41, 5.74) is 1.95. The minimum Gasteiger partial charge on any atom is -0.356 e. The van der Waals surface area contributed by atoms with Crippen LogP contribution in [0.4, 0.5) is 0 Å². The molecule has 1 fully saturated rings. The molecule has 1 amide bonds. The summed E-state index contributed by atoms with van der Waals surface area (Å²) in [4.78, 5) is 12.0. The van der Waals surface area contributed by atoms with Gasteiger partial charge in [0.1, 0.15) is 0 Å². The van der Waals surface area contributed by atoms with E-state index in [-0.39, 0.29) is 11.8 Å². The van der Waals surface area contributed by atoms with Crippen LogP contribution in [0.1, 0.15) is 44.5 Å². The molecule has 19 heavy (non-hydrogen) atoms. The summed E-state index contributed by atoms with van der Waals surface area (Å²) in [7, 11) is 0. The number of carbonyl (C=O) groups excluding carboxylic acids is 1. The molecule has 1 N–H and O–H groups in total. The minimum atomic E-state index is 0.0340. The number of rotatable bonds is 4. The van der Waals surface area contributed by atoms with Gasteiger partial charge in [-0.25, -0.2) is 0 Å². The van der Waals surface area contributed by atoms with Crippen LogP contribution < -0.4 is 5.32 Å². The number of hydrogen-bond acceptors (Lipinski definition) is 2. The molecule has 0 saturated carbocycles. The number of amides is 1. The van der Waals surface area contributed by atoms with Gasteiger partial charge in [-0.3, -0.25) is 9.48 Å². The summed E-state index contributed by atoms with van der Waals surface area (Å²) in [6.07, 6.45) is 4.64. The highest BCUT2D eigenvalue weighted by Crippen LogP contribution is 2.26. The molecule has 1 saturated heterocycles. The summed E-state index contributed by atoms with van der Waals surface area (Å²) in [5.74, 6) is 0.196. The van der Waals surface area contributed by atoms with Crippen molar-refractivity contribution in [3.63, 3.8) is 0 Å². The molecule has 0 bridgehead atoms. The lowest BCUT2D eigenvalue weighted by molar-refractivity contribution is -0.124. The van der Waals surface area contributed by atoms with Crippen LogP contribution >= 0.6 is 11.6 Å². The zero-order valence-corrected chi connectivity index (χ0v) is 12.5. The van der Waals surface area contributed by atoms with E-state index in [2.05, 4.69) is 24.3 Å². The first-order valence-corrected chi connectivity index (χ1v) is 7.56. The molecule has 0 aliphatic carbocycles. The second-order valence-electron chi connectivity index (χ2n) is 5.06. The maximum Gasteiger partial charge on any atom is 0.223 e. The van der Waals surface area contributed by atoms with Gasteiger partial charge >= 0.3 is 0 Å². The van der Waals surface area contributed by atoms with Crippen molar-refractivity contribution in [2.75, 3.05) is 6.54 Å². The van der Waals surface area contributed by atoms with Gasteiger partial charge in [-0.15, -0.1) is 0 Å². The maximum absolute atomic E-state index is 12.0. The van der Waals surface area contributed by atoms with Crippen LogP contribution in [0.2, 0.25) is 5.02 Å². The predicted octanol–water partition coefficient (Wildman–Crippen LogP) is 2.58. The zero-order chi connectivity index (χ0) is 13.8. The summed E-state index contributed by atoms with van der Waals surface area (Å²) < 4.78 is 1.94. The van der Waals surface area contributed by atoms with E-state index in [0.717, 1.165) is 55.2 Å². The first-order valence-electron chi connectivity index (χ1n) is 7.19. The predicted molar refractivity (Wildman–Crippen MR) is 76.3 cm³/mol. The fraction of sp³-hybridized carbons (Fsp3) is 0.714. The monoisotopic (exact) mass is 283 g/mol. The van der Waals surface area contributed by atoms with Crippen LogP contribution in [-0.4, -0.2) is 22.2 Å². The van der Waals surface area contributed by atoms with Gasteiger partial charge in [0.15, 0.2) is 0 Å². The molecule has 1 unspecified atom stereocenters. The third-order valence-corrected chi connectivity index (χ3v) is 4.22. The Morgan fingerprint density at radius 2 is 2.21 bits per heavy atom. The molecule has 4 nitrogen and oxygen atoms in total. The number of aromatic nitrogens is 2. The third-order valence-electron chi connectivity index (χ3n) is 3.78. The van der Waals surface area contributed by atoms with Crippen molar-refractivity contribution in [2.45, 2.75) is 52.5 Å². The van der Waals surface area contributed by atoms with E-state index in [0.29, 0.717) is 6.42 Å². The Morgan fingerprint density at radius 3 is 2.89 bits per heavy atom. The van der Waals surface area contributed by atoms with E-state index in [1.165, 1.54) is 0 Å². The quantitative estimate of drug-likeness (QED) is 0.923. The van der Waals surface area contributed by atoms with Gasteiger partial charge in [-0.05, 0) is 26.2 Å². The maximum atomic E-state index is 12.0. The van der Waals surface area contributed by atoms with Crippen molar-refractivity contribution in [1.82, 2.24) is 15.1 Å². The molecule has 0 radical (unpaired) electrons. The molecule has 0 spiro atoms. The van der Waals surface area contributed by atoms with Gasteiger partial charge in [0.25, 0.3) is 0 Å². The lowest BCUT2D eigenvalue weighted by Gasteiger charge is -2.14. The average Bonchev–Trinajstić information content (AvgIpc) is 2.57. The second-order valence-corrected chi connectivity index (χ2v) is 5.44. The standard InChI is InChI=1S/C14H22ClN3O/c1-3-11-13(15)12(18(4-2)17-11)9-10-7-5-6-8-16-14(10)19/h10H,3-9H2,1-2H3,(H,16,19). The number of halogens is 1. The highest BCUT2D eigenvalue weighted by molar-refractivity contribution is 6.31. The van der Waals surface area contributed by atoms with Crippen molar-refractivity contribution < 1.29 is 4.79 Å². The van der Waals surface area contributed by atoms with Crippen molar-refractivity contribution in [3.05, 3.63) is 16.4 Å². The fourth-order valence-corrected chi connectivity index (χ4v) is 2.99. The van der Waals surface area contributed by atoms with Crippen LogP contribution in [0.5, 0.6) is 0 Å². The fourth-order valence-electron chi connectivity index (χ4n) is 2.64. The van der Waals surface area contributed by atoms with Crippen molar-refractivity contribution in [3.8, 4) is 0 Å². The van der Waals surface area contributed by atoms with Gasteiger partial charge in [0.2, 0.25) is 5.91 Å². The SMILES string of the molecule is CCc1nn(CC)c(CC2CCCCNC2=O)c1Cl. The Hall–Kier alpha value is -1.03.